The summed E-state index contributed by atoms with van der Waals surface area (Å²) in [7, 11) is 0. The van der Waals surface area contributed by atoms with Gasteiger partial charge in [0.05, 0.1) is 19.3 Å². The van der Waals surface area contributed by atoms with Gasteiger partial charge >= 0.3 is 5.97 Å². The topological polar surface area (TPSA) is 76.1 Å². The Labute approximate surface area is 142 Å². The van der Waals surface area contributed by atoms with Crippen molar-refractivity contribution in [3.8, 4) is 5.75 Å². The van der Waals surface area contributed by atoms with Gasteiger partial charge < -0.3 is 19.5 Å². The van der Waals surface area contributed by atoms with E-state index < -0.39 is 12.1 Å². The second kappa shape index (κ2) is 8.68. The summed E-state index contributed by atoms with van der Waals surface area (Å²) >= 11 is 0. The summed E-state index contributed by atoms with van der Waals surface area (Å²) in [6.45, 7) is 4.93. The Morgan fingerprint density at radius 1 is 1.33 bits per heavy atom. The number of unbranched alkanes of at least 4 members (excludes halogenated alkanes) is 1. The van der Waals surface area contributed by atoms with Gasteiger partial charge in [0.15, 0.2) is 6.10 Å². The zero-order chi connectivity index (χ0) is 17.5. The monoisotopic (exact) mass is 335 g/mol. The predicted molar refractivity (Wildman–Crippen MR) is 89.1 cm³/mol. The molecule has 1 aromatic rings. The van der Waals surface area contributed by atoms with Crippen LogP contribution in [0.2, 0.25) is 0 Å². The Balaban J connectivity index is 1.68. The molecule has 1 amide bonds. The normalized spacial score (nSPS) is 20.7. The van der Waals surface area contributed by atoms with Crippen LogP contribution in [0.3, 0.4) is 0 Å². The molecule has 6 nitrogen and oxygen atoms in total. The van der Waals surface area contributed by atoms with E-state index in [2.05, 4.69) is 0 Å². The number of aryl methyl sites for hydroxylation is 1. The lowest BCUT2D eigenvalue weighted by molar-refractivity contribution is -0.166. The summed E-state index contributed by atoms with van der Waals surface area (Å²) in [6.07, 6.45) is 0.711. The van der Waals surface area contributed by atoms with Gasteiger partial charge in [0.25, 0.3) is 0 Å². The van der Waals surface area contributed by atoms with Gasteiger partial charge in [-0.25, -0.2) is 4.79 Å². The maximum absolute atomic E-state index is 12.2. The predicted octanol–water partition coefficient (Wildman–Crippen LogP) is 2.24. The number of carbonyl (C=O) groups is 2. The highest BCUT2D eigenvalue weighted by atomic mass is 16.5. The summed E-state index contributed by atoms with van der Waals surface area (Å²) in [5.74, 6) is -0.203. The van der Waals surface area contributed by atoms with E-state index in [1.807, 2.05) is 31.2 Å². The molecule has 1 heterocycles. The second-order valence-electron chi connectivity index (χ2n) is 6.19. The van der Waals surface area contributed by atoms with E-state index in [0.29, 0.717) is 26.0 Å². The molecule has 1 aliphatic heterocycles. The Kier molecular flexibility index (Phi) is 6.61. The number of nitrogens with zero attached hydrogens (tertiary/aromatic N) is 1. The minimum atomic E-state index is -1.02. The lowest BCUT2D eigenvalue weighted by Gasteiger charge is -2.35. The van der Waals surface area contributed by atoms with E-state index in [1.54, 1.807) is 11.8 Å². The highest BCUT2D eigenvalue weighted by molar-refractivity contribution is 5.78. The van der Waals surface area contributed by atoms with Crippen molar-refractivity contribution in [1.82, 2.24) is 4.90 Å². The molecule has 1 aromatic carbocycles. The molecule has 1 aliphatic rings. The van der Waals surface area contributed by atoms with Gasteiger partial charge in [0, 0.05) is 13.0 Å². The quantitative estimate of drug-likeness (QED) is 0.774. The summed E-state index contributed by atoms with van der Waals surface area (Å²) in [6, 6.07) is 7.86. The molecule has 0 saturated carbocycles. The number of rotatable bonds is 7. The van der Waals surface area contributed by atoms with Crippen molar-refractivity contribution in [3.63, 3.8) is 0 Å². The molecule has 0 radical (unpaired) electrons. The van der Waals surface area contributed by atoms with Gasteiger partial charge in [-0.1, -0.05) is 12.1 Å². The van der Waals surface area contributed by atoms with Gasteiger partial charge in [-0.2, -0.15) is 0 Å². The molecule has 24 heavy (non-hydrogen) atoms. The average Bonchev–Trinajstić information content (AvgIpc) is 2.53. The van der Waals surface area contributed by atoms with Gasteiger partial charge in [0.2, 0.25) is 5.91 Å². The smallest absolute Gasteiger partial charge is 0.334 e. The minimum Gasteiger partial charge on any atom is -0.494 e. The molecular weight excluding hydrogens is 310 g/mol. The standard InChI is InChI=1S/C18H25NO5/c1-13-6-5-7-15(10-13)23-9-4-3-8-17(20)19-11-14(2)24-16(12-19)18(21)22/h5-7,10,14,16H,3-4,8-9,11-12H2,1-2H3,(H,21,22)/t14-,16?/m1/s1. The van der Waals surface area contributed by atoms with Gasteiger partial charge in [-0.05, 0) is 44.4 Å². The Morgan fingerprint density at radius 3 is 2.83 bits per heavy atom. The second-order valence-corrected chi connectivity index (χ2v) is 6.19. The van der Waals surface area contributed by atoms with Crippen LogP contribution in [0.5, 0.6) is 5.75 Å². The average molecular weight is 335 g/mol. The van der Waals surface area contributed by atoms with Crippen molar-refractivity contribution < 1.29 is 24.2 Å². The first-order valence-electron chi connectivity index (χ1n) is 8.31. The molecule has 1 saturated heterocycles. The van der Waals surface area contributed by atoms with Crippen molar-refractivity contribution in [1.29, 1.82) is 0 Å². The summed E-state index contributed by atoms with van der Waals surface area (Å²) < 4.78 is 11.0. The molecule has 2 rings (SSSR count). The van der Waals surface area contributed by atoms with E-state index in [4.69, 9.17) is 14.6 Å². The van der Waals surface area contributed by atoms with Crippen molar-refractivity contribution in [2.24, 2.45) is 0 Å². The van der Waals surface area contributed by atoms with Crippen LogP contribution in [0.25, 0.3) is 0 Å². The molecular formula is C18H25NO5. The molecule has 0 aliphatic carbocycles. The number of ether oxygens (including phenoxy) is 2. The largest absolute Gasteiger partial charge is 0.494 e. The summed E-state index contributed by atoms with van der Waals surface area (Å²) in [4.78, 5) is 24.9. The number of hydrogen-bond acceptors (Lipinski definition) is 4. The van der Waals surface area contributed by atoms with E-state index >= 15 is 0 Å². The third-order valence-corrected chi connectivity index (χ3v) is 3.93. The molecule has 0 bridgehead atoms. The zero-order valence-electron chi connectivity index (χ0n) is 14.2. The van der Waals surface area contributed by atoms with E-state index in [0.717, 1.165) is 17.7 Å². The third kappa shape index (κ3) is 5.53. The minimum absolute atomic E-state index is 0.0213. The fourth-order valence-electron chi connectivity index (χ4n) is 2.72. The van der Waals surface area contributed by atoms with Gasteiger partial charge in [-0.3, -0.25) is 4.79 Å². The van der Waals surface area contributed by atoms with Crippen LogP contribution in [0.1, 0.15) is 31.7 Å². The van der Waals surface area contributed by atoms with Crippen molar-refractivity contribution in [2.75, 3.05) is 19.7 Å². The zero-order valence-corrected chi connectivity index (χ0v) is 14.2. The van der Waals surface area contributed by atoms with Crippen molar-refractivity contribution in [2.45, 2.75) is 45.3 Å². The maximum Gasteiger partial charge on any atom is 0.334 e. The molecule has 1 N–H and O–H groups in total. The number of morpholine rings is 1. The van der Waals surface area contributed by atoms with Gasteiger partial charge in [-0.15, -0.1) is 0 Å². The molecule has 2 atom stereocenters. The number of hydrogen-bond donors (Lipinski definition) is 1. The first-order chi connectivity index (χ1) is 11.5. The van der Waals surface area contributed by atoms with Crippen LogP contribution < -0.4 is 4.74 Å². The summed E-state index contributed by atoms with van der Waals surface area (Å²) in [5.41, 5.74) is 1.15. The number of carbonyl (C=O) groups excluding carboxylic acids is 1. The molecule has 0 aromatic heterocycles. The molecule has 1 fully saturated rings. The van der Waals surface area contributed by atoms with Crippen LogP contribution in [0.4, 0.5) is 0 Å². The molecule has 0 spiro atoms. The van der Waals surface area contributed by atoms with Crippen molar-refractivity contribution >= 4 is 11.9 Å². The Morgan fingerprint density at radius 2 is 2.12 bits per heavy atom. The van der Waals surface area contributed by atoms with Crippen LogP contribution in [0, 0.1) is 6.92 Å². The highest BCUT2D eigenvalue weighted by Gasteiger charge is 2.32. The number of benzene rings is 1. The third-order valence-electron chi connectivity index (χ3n) is 3.93. The Hall–Kier alpha value is -2.08. The first kappa shape index (κ1) is 18.3. The van der Waals surface area contributed by atoms with E-state index in [1.165, 1.54) is 0 Å². The highest BCUT2D eigenvalue weighted by Crippen LogP contribution is 2.15. The fourth-order valence-corrected chi connectivity index (χ4v) is 2.72. The SMILES string of the molecule is Cc1cccc(OCCCCC(=O)N2CC(C(=O)O)O[C@H](C)C2)c1. The molecule has 6 heteroatoms. The number of carboxylic acids is 1. The molecule has 1 unspecified atom stereocenters. The number of amides is 1. The van der Waals surface area contributed by atoms with Crippen LogP contribution >= 0.6 is 0 Å². The lowest BCUT2D eigenvalue weighted by atomic mass is 10.1. The molecule has 132 valence electrons. The van der Waals surface area contributed by atoms with Crippen LogP contribution in [-0.2, 0) is 14.3 Å². The first-order valence-corrected chi connectivity index (χ1v) is 8.31. The van der Waals surface area contributed by atoms with E-state index in [9.17, 15) is 9.59 Å². The van der Waals surface area contributed by atoms with Crippen LogP contribution in [-0.4, -0.2) is 53.8 Å². The Bertz CT molecular complexity index is 574. The fraction of sp³-hybridized carbons (Fsp3) is 0.556. The number of aliphatic carboxylic acids is 1. The summed E-state index contributed by atoms with van der Waals surface area (Å²) in [5, 5.41) is 9.05. The number of carboxylic acid groups (broad SMARTS) is 1. The van der Waals surface area contributed by atoms with Gasteiger partial charge in [0.1, 0.15) is 5.75 Å². The maximum atomic E-state index is 12.2. The van der Waals surface area contributed by atoms with Crippen LogP contribution in [0.15, 0.2) is 24.3 Å². The lowest BCUT2D eigenvalue weighted by Crippen LogP contribution is -2.51. The van der Waals surface area contributed by atoms with E-state index in [-0.39, 0.29) is 18.6 Å². The van der Waals surface area contributed by atoms with Crippen molar-refractivity contribution in [3.05, 3.63) is 29.8 Å².